The average molecular weight is 355 g/mol. The second-order valence-corrected chi connectivity index (χ2v) is 7.75. The molecule has 21 heavy (non-hydrogen) atoms. The molecular formula is C17H23BrO3. The Kier molecular flexibility index (Phi) is 4.66. The third-order valence-electron chi connectivity index (χ3n) is 4.77. The Hall–Kier alpha value is -1.03. The fraction of sp³-hybridized carbons (Fsp3) is 0.588. The van der Waals surface area contributed by atoms with Crippen molar-refractivity contribution >= 4 is 21.9 Å². The fourth-order valence-electron chi connectivity index (χ4n) is 3.08. The summed E-state index contributed by atoms with van der Waals surface area (Å²) in [7, 11) is 1.63. The van der Waals surface area contributed by atoms with Crippen LogP contribution in [0.4, 0.5) is 0 Å². The molecule has 1 aliphatic carbocycles. The van der Waals surface area contributed by atoms with E-state index >= 15 is 0 Å². The molecule has 1 aromatic rings. The highest BCUT2D eigenvalue weighted by molar-refractivity contribution is 9.10. The summed E-state index contributed by atoms with van der Waals surface area (Å²) in [6.07, 6.45) is 4.02. The molecule has 0 bridgehead atoms. The summed E-state index contributed by atoms with van der Waals surface area (Å²) in [6.45, 7) is 4.45. The van der Waals surface area contributed by atoms with Crippen molar-refractivity contribution in [2.75, 3.05) is 7.11 Å². The molecule has 0 atom stereocenters. The Bertz CT molecular complexity index is 527. The van der Waals surface area contributed by atoms with Crippen LogP contribution in [0.1, 0.15) is 45.1 Å². The highest BCUT2D eigenvalue weighted by Crippen LogP contribution is 2.47. The molecule has 3 nitrogen and oxygen atoms in total. The lowest BCUT2D eigenvalue weighted by Crippen LogP contribution is -2.39. The Morgan fingerprint density at radius 1 is 1.29 bits per heavy atom. The van der Waals surface area contributed by atoms with Crippen LogP contribution in [0.5, 0.6) is 5.75 Å². The topological polar surface area (TPSA) is 46.5 Å². The van der Waals surface area contributed by atoms with Crippen molar-refractivity contribution in [1.82, 2.24) is 0 Å². The summed E-state index contributed by atoms with van der Waals surface area (Å²) in [5.41, 5.74) is 0.688. The summed E-state index contributed by atoms with van der Waals surface area (Å²) < 4.78 is 6.10. The maximum absolute atomic E-state index is 11.9. The van der Waals surface area contributed by atoms with Gasteiger partial charge in [0.25, 0.3) is 0 Å². The van der Waals surface area contributed by atoms with Gasteiger partial charge in [0, 0.05) is 0 Å². The largest absolute Gasteiger partial charge is 0.496 e. The van der Waals surface area contributed by atoms with Gasteiger partial charge in [-0.05, 0) is 71.1 Å². The van der Waals surface area contributed by atoms with E-state index in [4.69, 9.17) is 4.74 Å². The number of hydrogen-bond acceptors (Lipinski definition) is 2. The Balaban J connectivity index is 2.21. The summed E-state index contributed by atoms with van der Waals surface area (Å²) in [6, 6.07) is 5.83. The summed E-state index contributed by atoms with van der Waals surface area (Å²) in [5, 5.41) is 9.75. The zero-order valence-corrected chi connectivity index (χ0v) is 14.5. The van der Waals surface area contributed by atoms with Crippen molar-refractivity contribution in [1.29, 1.82) is 0 Å². The van der Waals surface area contributed by atoms with Crippen molar-refractivity contribution in [2.45, 2.75) is 46.0 Å². The molecule has 0 heterocycles. The highest BCUT2D eigenvalue weighted by Gasteiger charge is 2.44. The predicted octanol–water partition coefficient (Wildman–Crippen LogP) is 4.67. The molecule has 116 valence electrons. The van der Waals surface area contributed by atoms with Crippen LogP contribution >= 0.6 is 15.9 Å². The van der Waals surface area contributed by atoms with Crippen molar-refractivity contribution in [3.05, 3.63) is 28.2 Å². The standard InChI is InChI=1S/C17H23BrO3/c1-16(2)6-8-17(9-7-16,15(19)20)11-12-4-5-14(21-3)13(18)10-12/h4-5,10H,6-9,11H2,1-3H3,(H,19,20). The maximum atomic E-state index is 11.9. The third-order valence-corrected chi connectivity index (χ3v) is 5.39. The summed E-state index contributed by atoms with van der Waals surface area (Å²) in [5.74, 6) is 0.109. The van der Waals surface area contributed by atoms with E-state index < -0.39 is 11.4 Å². The van der Waals surface area contributed by atoms with Crippen molar-refractivity contribution in [2.24, 2.45) is 10.8 Å². The Labute approximate surface area is 134 Å². The predicted molar refractivity (Wildman–Crippen MR) is 86.7 cm³/mol. The molecule has 0 aromatic heterocycles. The highest BCUT2D eigenvalue weighted by atomic mass is 79.9. The second-order valence-electron chi connectivity index (χ2n) is 6.90. The number of aliphatic carboxylic acids is 1. The Morgan fingerprint density at radius 2 is 1.90 bits per heavy atom. The maximum Gasteiger partial charge on any atom is 0.309 e. The number of benzene rings is 1. The first kappa shape index (κ1) is 16.3. The number of rotatable bonds is 4. The number of carboxylic acid groups (broad SMARTS) is 1. The average Bonchev–Trinajstić information content (AvgIpc) is 2.41. The minimum absolute atomic E-state index is 0.263. The minimum Gasteiger partial charge on any atom is -0.496 e. The van der Waals surface area contributed by atoms with Gasteiger partial charge in [-0.25, -0.2) is 0 Å². The van der Waals surface area contributed by atoms with Gasteiger partial charge in [0.1, 0.15) is 5.75 Å². The first-order chi connectivity index (χ1) is 9.78. The van der Waals surface area contributed by atoms with Crippen LogP contribution in [0.3, 0.4) is 0 Å². The van der Waals surface area contributed by atoms with E-state index in [1.165, 1.54) is 0 Å². The zero-order valence-electron chi connectivity index (χ0n) is 12.9. The number of carboxylic acids is 1. The molecule has 0 spiro atoms. The van der Waals surface area contributed by atoms with Gasteiger partial charge in [-0.1, -0.05) is 19.9 Å². The molecule has 0 aliphatic heterocycles. The second kappa shape index (κ2) is 5.99. The molecule has 1 aliphatic rings. The van der Waals surface area contributed by atoms with Gasteiger partial charge in [-0.2, -0.15) is 0 Å². The zero-order chi connectivity index (χ0) is 15.7. The van der Waals surface area contributed by atoms with Gasteiger partial charge in [-0.3, -0.25) is 4.79 Å². The quantitative estimate of drug-likeness (QED) is 0.854. The monoisotopic (exact) mass is 354 g/mol. The van der Waals surface area contributed by atoms with Gasteiger partial charge in [-0.15, -0.1) is 0 Å². The first-order valence-electron chi connectivity index (χ1n) is 7.34. The van der Waals surface area contributed by atoms with Gasteiger partial charge >= 0.3 is 5.97 Å². The van der Waals surface area contributed by atoms with E-state index in [-0.39, 0.29) is 5.41 Å². The van der Waals surface area contributed by atoms with Gasteiger partial charge < -0.3 is 9.84 Å². The van der Waals surface area contributed by atoms with E-state index in [0.717, 1.165) is 41.5 Å². The molecule has 1 N–H and O–H groups in total. The number of methoxy groups -OCH3 is 1. The number of halogens is 1. The van der Waals surface area contributed by atoms with Crippen molar-refractivity contribution in [3.63, 3.8) is 0 Å². The molecule has 0 unspecified atom stereocenters. The van der Waals surface area contributed by atoms with Crippen LogP contribution in [0.25, 0.3) is 0 Å². The molecule has 0 radical (unpaired) electrons. The first-order valence-corrected chi connectivity index (χ1v) is 8.13. The van der Waals surface area contributed by atoms with Crippen LogP contribution in [-0.2, 0) is 11.2 Å². The van der Waals surface area contributed by atoms with Gasteiger partial charge in [0.2, 0.25) is 0 Å². The molecule has 1 fully saturated rings. The SMILES string of the molecule is COc1ccc(CC2(C(=O)O)CCC(C)(C)CC2)cc1Br. The van der Waals surface area contributed by atoms with E-state index in [1.54, 1.807) is 7.11 Å². The Morgan fingerprint density at radius 3 is 2.38 bits per heavy atom. The van der Waals surface area contributed by atoms with Gasteiger partial charge in [0.15, 0.2) is 0 Å². The van der Waals surface area contributed by atoms with Crippen molar-refractivity contribution < 1.29 is 14.6 Å². The molecular weight excluding hydrogens is 332 g/mol. The van der Waals surface area contributed by atoms with Crippen LogP contribution < -0.4 is 4.74 Å². The molecule has 1 aromatic carbocycles. The molecule has 0 saturated heterocycles. The summed E-state index contributed by atoms with van der Waals surface area (Å²) >= 11 is 3.47. The third kappa shape index (κ3) is 3.60. The van der Waals surface area contributed by atoms with Crippen molar-refractivity contribution in [3.8, 4) is 5.75 Å². The number of ether oxygens (including phenoxy) is 1. The normalized spacial score (nSPS) is 20.0. The van der Waals surface area contributed by atoms with E-state index in [1.807, 2.05) is 18.2 Å². The van der Waals surface area contributed by atoms with E-state index in [9.17, 15) is 9.90 Å². The number of hydrogen-bond donors (Lipinski definition) is 1. The van der Waals surface area contributed by atoms with E-state index in [2.05, 4.69) is 29.8 Å². The van der Waals surface area contributed by atoms with Crippen LogP contribution in [0.2, 0.25) is 0 Å². The van der Waals surface area contributed by atoms with Crippen LogP contribution in [0.15, 0.2) is 22.7 Å². The van der Waals surface area contributed by atoms with Crippen LogP contribution in [0, 0.1) is 10.8 Å². The fourth-order valence-corrected chi connectivity index (χ4v) is 3.67. The summed E-state index contributed by atoms with van der Waals surface area (Å²) in [4.78, 5) is 11.9. The number of carbonyl (C=O) groups is 1. The minimum atomic E-state index is -0.662. The smallest absolute Gasteiger partial charge is 0.309 e. The molecule has 1 saturated carbocycles. The lowest BCUT2D eigenvalue weighted by Gasteiger charge is -2.41. The molecule has 0 amide bonds. The van der Waals surface area contributed by atoms with Gasteiger partial charge in [0.05, 0.1) is 17.0 Å². The van der Waals surface area contributed by atoms with E-state index in [0.29, 0.717) is 6.42 Å². The molecule has 4 heteroatoms. The lowest BCUT2D eigenvalue weighted by atomic mass is 9.63. The molecule has 2 rings (SSSR count). The lowest BCUT2D eigenvalue weighted by molar-refractivity contribution is -0.152. The van der Waals surface area contributed by atoms with Crippen LogP contribution in [-0.4, -0.2) is 18.2 Å².